The Morgan fingerprint density at radius 1 is 1.16 bits per heavy atom. The summed E-state index contributed by atoms with van der Waals surface area (Å²) in [6.45, 7) is 9.29. The first kappa shape index (κ1) is 18.9. The summed E-state index contributed by atoms with van der Waals surface area (Å²) in [5, 5.41) is 3.52. The Bertz CT molecular complexity index is 406. The molecule has 0 aliphatic carbocycles. The third-order valence-corrected chi connectivity index (χ3v) is 5.77. The molecule has 0 amide bonds. The highest BCUT2D eigenvalue weighted by molar-refractivity contribution is 5.80. The van der Waals surface area contributed by atoms with Gasteiger partial charge in [0.15, 0.2) is 5.96 Å². The van der Waals surface area contributed by atoms with Gasteiger partial charge in [0.25, 0.3) is 0 Å². The van der Waals surface area contributed by atoms with E-state index in [1.165, 1.54) is 32.4 Å². The van der Waals surface area contributed by atoms with E-state index in [9.17, 15) is 0 Å². The summed E-state index contributed by atoms with van der Waals surface area (Å²) in [5.41, 5.74) is 0. The van der Waals surface area contributed by atoms with Crippen LogP contribution in [-0.2, 0) is 9.47 Å². The van der Waals surface area contributed by atoms with Crippen molar-refractivity contribution < 1.29 is 9.47 Å². The number of guanidine groups is 1. The number of aliphatic imine (C=N–C) groups is 1. The molecule has 3 aliphatic rings. The first-order valence-electron chi connectivity index (χ1n) is 10.2. The Kier molecular flexibility index (Phi) is 7.82. The Labute approximate surface area is 152 Å². The van der Waals surface area contributed by atoms with Gasteiger partial charge in [0.2, 0.25) is 0 Å². The molecule has 3 saturated heterocycles. The highest BCUT2D eigenvalue weighted by atomic mass is 16.5. The van der Waals surface area contributed by atoms with E-state index in [0.29, 0.717) is 5.92 Å². The molecule has 0 aromatic heterocycles. The van der Waals surface area contributed by atoms with E-state index >= 15 is 0 Å². The summed E-state index contributed by atoms with van der Waals surface area (Å²) in [6.07, 6.45) is 7.35. The minimum atomic E-state index is 0.696. The molecule has 3 fully saturated rings. The van der Waals surface area contributed by atoms with Crippen molar-refractivity contribution in [1.29, 1.82) is 0 Å². The van der Waals surface area contributed by atoms with Crippen molar-refractivity contribution >= 4 is 5.96 Å². The van der Waals surface area contributed by atoms with Crippen molar-refractivity contribution in [3.05, 3.63) is 0 Å². The number of hydrogen-bond donors (Lipinski definition) is 1. The minimum Gasteiger partial charge on any atom is -0.381 e. The smallest absolute Gasteiger partial charge is 0.193 e. The van der Waals surface area contributed by atoms with Gasteiger partial charge in [-0.25, -0.2) is 0 Å². The third-order valence-electron chi connectivity index (χ3n) is 5.77. The molecule has 0 aromatic carbocycles. The van der Waals surface area contributed by atoms with Crippen LogP contribution in [0.2, 0.25) is 0 Å². The molecular weight excluding hydrogens is 316 g/mol. The monoisotopic (exact) mass is 352 g/mol. The van der Waals surface area contributed by atoms with Gasteiger partial charge in [0, 0.05) is 59.2 Å². The lowest BCUT2D eigenvalue weighted by molar-refractivity contribution is 0.0203. The summed E-state index contributed by atoms with van der Waals surface area (Å²) < 4.78 is 11.2. The maximum Gasteiger partial charge on any atom is 0.193 e. The summed E-state index contributed by atoms with van der Waals surface area (Å²) >= 11 is 0. The van der Waals surface area contributed by atoms with Crippen molar-refractivity contribution in [2.45, 2.75) is 44.6 Å². The Balaban J connectivity index is 1.26. The predicted octanol–water partition coefficient (Wildman–Crippen LogP) is 1.57. The van der Waals surface area contributed by atoms with Gasteiger partial charge in [0.1, 0.15) is 0 Å². The lowest BCUT2D eigenvalue weighted by Crippen LogP contribution is -2.43. The zero-order valence-corrected chi connectivity index (χ0v) is 15.9. The summed E-state index contributed by atoms with van der Waals surface area (Å²) in [4.78, 5) is 9.57. The fraction of sp³-hybridized carbons (Fsp3) is 0.947. The van der Waals surface area contributed by atoms with E-state index < -0.39 is 0 Å². The predicted molar refractivity (Wildman–Crippen MR) is 101 cm³/mol. The second-order valence-electron chi connectivity index (χ2n) is 7.59. The van der Waals surface area contributed by atoms with Crippen LogP contribution in [0.3, 0.4) is 0 Å². The molecule has 6 heteroatoms. The highest BCUT2D eigenvalue weighted by Crippen LogP contribution is 2.20. The molecule has 144 valence electrons. The van der Waals surface area contributed by atoms with Crippen molar-refractivity contribution in [1.82, 2.24) is 15.1 Å². The van der Waals surface area contributed by atoms with Gasteiger partial charge in [-0.05, 0) is 57.5 Å². The van der Waals surface area contributed by atoms with Gasteiger partial charge in [-0.2, -0.15) is 0 Å². The number of rotatable bonds is 7. The fourth-order valence-electron chi connectivity index (χ4n) is 4.21. The zero-order valence-electron chi connectivity index (χ0n) is 15.9. The van der Waals surface area contributed by atoms with Crippen LogP contribution >= 0.6 is 0 Å². The maximum atomic E-state index is 5.84. The lowest BCUT2D eigenvalue weighted by atomic mass is 10.0. The van der Waals surface area contributed by atoms with Crippen molar-refractivity contribution in [2.75, 3.05) is 66.2 Å². The molecule has 0 aromatic rings. The van der Waals surface area contributed by atoms with Gasteiger partial charge in [-0.15, -0.1) is 0 Å². The SMILES string of the molecule is CN=C(NCCCOCC1CCOCC1)N1CCC(N2CCCC2)C1. The van der Waals surface area contributed by atoms with E-state index in [-0.39, 0.29) is 0 Å². The van der Waals surface area contributed by atoms with Crippen LogP contribution in [-0.4, -0.2) is 88.0 Å². The molecule has 25 heavy (non-hydrogen) atoms. The first-order valence-corrected chi connectivity index (χ1v) is 10.2. The van der Waals surface area contributed by atoms with Crippen molar-refractivity contribution in [2.24, 2.45) is 10.9 Å². The molecule has 0 saturated carbocycles. The quantitative estimate of drug-likeness (QED) is 0.428. The van der Waals surface area contributed by atoms with Crippen LogP contribution < -0.4 is 5.32 Å². The van der Waals surface area contributed by atoms with E-state index in [1.54, 1.807) is 0 Å². The average Bonchev–Trinajstić information content (AvgIpc) is 3.33. The van der Waals surface area contributed by atoms with E-state index in [0.717, 1.165) is 77.3 Å². The molecule has 0 bridgehead atoms. The van der Waals surface area contributed by atoms with Crippen LogP contribution in [0.1, 0.15) is 38.5 Å². The molecule has 0 radical (unpaired) electrons. The highest BCUT2D eigenvalue weighted by Gasteiger charge is 2.30. The standard InChI is InChI=1S/C19H36N4O2/c1-20-19(23-11-5-18(15-23)22-9-2-3-10-22)21-8-4-12-25-16-17-6-13-24-14-7-17/h17-18H,2-16H2,1H3,(H,20,21). The summed E-state index contributed by atoms with van der Waals surface area (Å²) in [5.74, 6) is 1.76. The average molecular weight is 353 g/mol. The summed E-state index contributed by atoms with van der Waals surface area (Å²) in [7, 11) is 1.90. The van der Waals surface area contributed by atoms with Crippen LogP contribution in [0, 0.1) is 5.92 Å². The van der Waals surface area contributed by atoms with Crippen LogP contribution in [0.5, 0.6) is 0 Å². The topological polar surface area (TPSA) is 49.3 Å². The van der Waals surface area contributed by atoms with Gasteiger partial charge in [-0.3, -0.25) is 9.89 Å². The molecular formula is C19H36N4O2. The lowest BCUT2D eigenvalue weighted by Gasteiger charge is -2.25. The summed E-state index contributed by atoms with van der Waals surface area (Å²) in [6, 6.07) is 0.726. The zero-order chi connectivity index (χ0) is 17.3. The molecule has 3 rings (SSSR count). The number of hydrogen-bond acceptors (Lipinski definition) is 4. The van der Waals surface area contributed by atoms with Gasteiger partial charge in [0.05, 0.1) is 0 Å². The van der Waals surface area contributed by atoms with E-state index in [4.69, 9.17) is 9.47 Å². The molecule has 1 N–H and O–H groups in total. The molecule has 1 atom stereocenters. The van der Waals surface area contributed by atoms with Crippen molar-refractivity contribution in [3.8, 4) is 0 Å². The first-order chi connectivity index (χ1) is 12.4. The van der Waals surface area contributed by atoms with Crippen molar-refractivity contribution in [3.63, 3.8) is 0 Å². The number of nitrogens with one attached hydrogen (secondary N) is 1. The molecule has 6 nitrogen and oxygen atoms in total. The van der Waals surface area contributed by atoms with E-state index in [1.807, 2.05) is 7.05 Å². The van der Waals surface area contributed by atoms with Crippen LogP contribution in [0.15, 0.2) is 4.99 Å². The number of likely N-dealkylation sites (tertiary alicyclic amines) is 2. The van der Waals surface area contributed by atoms with Crippen LogP contribution in [0.4, 0.5) is 0 Å². The van der Waals surface area contributed by atoms with E-state index in [2.05, 4.69) is 20.1 Å². The third kappa shape index (κ3) is 5.83. The number of ether oxygens (including phenoxy) is 2. The molecule has 1 unspecified atom stereocenters. The molecule has 0 spiro atoms. The van der Waals surface area contributed by atoms with Gasteiger partial charge in [-0.1, -0.05) is 0 Å². The molecule has 3 aliphatic heterocycles. The van der Waals surface area contributed by atoms with Gasteiger partial charge < -0.3 is 19.7 Å². The second kappa shape index (κ2) is 10.3. The molecule has 3 heterocycles. The maximum absolute atomic E-state index is 5.84. The largest absolute Gasteiger partial charge is 0.381 e. The Hall–Kier alpha value is -0.850. The fourth-order valence-corrected chi connectivity index (χ4v) is 4.21. The number of nitrogens with zero attached hydrogens (tertiary/aromatic N) is 3. The normalized spacial score (nSPS) is 26.5. The Morgan fingerprint density at radius 3 is 2.72 bits per heavy atom. The van der Waals surface area contributed by atoms with Gasteiger partial charge >= 0.3 is 0 Å². The minimum absolute atomic E-state index is 0.696. The Morgan fingerprint density at radius 2 is 1.96 bits per heavy atom. The second-order valence-corrected chi connectivity index (χ2v) is 7.59. The van der Waals surface area contributed by atoms with Crippen LogP contribution in [0.25, 0.3) is 0 Å².